The van der Waals surface area contributed by atoms with E-state index in [1.165, 1.54) is 57.4 Å². The van der Waals surface area contributed by atoms with Crippen LogP contribution in [0.25, 0.3) is 0 Å². The first-order chi connectivity index (χ1) is 10.4. The molecule has 1 unspecified atom stereocenters. The number of rotatable bonds is 5. The molecule has 3 nitrogen and oxygen atoms in total. The Bertz CT molecular complexity index is 406. The van der Waals surface area contributed by atoms with Crippen molar-refractivity contribution in [2.24, 2.45) is 11.7 Å². The fraction of sp³-hybridized carbons (Fsp3) is 0.667. The van der Waals surface area contributed by atoms with E-state index in [0.29, 0.717) is 6.04 Å². The van der Waals surface area contributed by atoms with E-state index in [4.69, 9.17) is 5.73 Å². The molecule has 0 bridgehead atoms. The van der Waals surface area contributed by atoms with Crippen LogP contribution < -0.4 is 5.73 Å². The van der Waals surface area contributed by atoms with Crippen LogP contribution in [0, 0.1) is 5.92 Å². The molecule has 2 aliphatic rings. The Kier molecular flexibility index (Phi) is 5.28. The zero-order chi connectivity index (χ0) is 14.5. The maximum atomic E-state index is 6.09. The maximum Gasteiger partial charge on any atom is 0.0247 e. The molecule has 1 aliphatic carbocycles. The number of piperazine rings is 1. The minimum absolute atomic E-state index is 0.631. The van der Waals surface area contributed by atoms with E-state index >= 15 is 0 Å². The van der Waals surface area contributed by atoms with Gasteiger partial charge >= 0.3 is 0 Å². The summed E-state index contributed by atoms with van der Waals surface area (Å²) in [4.78, 5) is 5.24. The van der Waals surface area contributed by atoms with E-state index in [0.717, 1.165) is 19.0 Å². The van der Waals surface area contributed by atoms with Crippen LogP contribution in [0.5, 0.6) is 0 Å². The highest BCUT2D eigenvalue weighted by Crippen LogP contribution is 2.30. The average molecular weight is 287 g/mol. The van der Waals surface area contributed by atoms with Gasteiger partial charge in [-0.15, -0.1) is 0 Å². The van der Waals surface area contributed by atoms with Gasteiger partial charge in [-0.05, 0) is 24.3 Å². The number of nitrogens with zero attached hydrogens (tertiary/aromatic N) is 2. The van der Waals surface area contributed by atoms with Crippen molar-refractivity contribution in [2.45, 2.75) is 38.3 Å². The summed E-state index contributed by atoms with van der Waals surface area (Å²) >= 11 is 0. The molecule has 1 aromatic rings. The largest absolute Gasteiger partial charge is 0.329 e. The van der Waals surface area contributed by atoms with Crippen LogP contribution in [0.1, 0.15) is 31.2 Å². The zero-order valence-corrected chi connectivity index (χ0v) is 13.1. The Balaban J connectivity index is 1.50. The molecule has 1 aromatic carbocycles. The van der Waals surface area contributed by atoms with Crippen molar-refractivity contribution in [1.29, 1.82) is 0 Å². The molecule has 3 rings (SSSR count). The molecule has 21 heavy (non-hydrogen) atoms. The predicted octanol–water partition coefficient (Wildman–Crippen LogP) is 2.32. The van der Waals surface area contributed by atoms with Gasteiger partial charge in [0.25, 0.3) is 0 Å². The Morgan fingerprint density at radius 2 is 1.67 bits per heavy atom. The lowest BCUT2D eigenvalue weighted by molar-refractivity contribution is 0.0702. The topological polar surface area (TPSA) is 32.5 Å². The molecular formula is C18H29N3. The van der Waals surface area contributed by atoms with Crippen LogP contribution in [0.4, 0.5) is 0 Å². The molecule has 0 radical (unpaired) electrons. The maximum absolute atomic E-state index is 6.09. The molecule has 1 saturated heterocycles. The van der Waals surface area contributed by atoms with Crippen molar-refractivity contribution in [3.8, 4) is 0 Å². The lowest BCUT2D eigenvalue weighted by Gasteiger charge is -2.41. The zero-order valence-electron chi connectivity index (χ0n) is 13.1. The van der Waals surface area contributed by atoms with Gasteiger partial charge in [-0.2, -0.15) is 0 Å². The fourth-order valence-corrected chi connectivity index (χ4v) is 4.08. The molecule has 116 valence electrons. The van der Waals surface area contributed by atoms with Gasteiger partial charge < -0.3 is 5.73 Å². The van der Waals surface area contributed by atoms with Crippen molar-refractivity contribution in [2.75, 3.05) is 32.7 Å². The first-order valence-corrected chi connectivity index (χ1v) is 8.57. The van der Waals surface area contributed by atoms with Crippen molar-refractivity contribution in [3.63, 3.8) is 0 Å². The Morgan fingerprint density at radius 1 is 1.00 bits per heavy atom. The molecule has 2 N–H and O–H groups in total. The van der Waals surface area contributed by atoms with Crippen molar-refractivity contribution in [3.05, 3.63) is 35.9 Å². The lowest BCUT2D eigenvalue weighted by atomic mass is 9.96. The third-order valence-electron chi connectivity index (χ3n) is 5.31. The van der Waals surface area contributed by atoms with Crippen LogP contribution in [0.3, 0.4) is 0 Å². The minimum Gasteiger partial charge on any atom is -0.329 e. The Morgan fingerprint density at radius 3 is 2.29 bits per heavy atom. The van der Waals surface area contributed by atoms with E-state index in [2.05, 4.69) is 40.1 Å². The molecule has 3 heteroatoms. The molecule has 0 amide bonds. The van der Waals surface area contributed by atoms with Crippen LogP contribution in [0.15, 0.2) is 30.3 Å². The first kappa shape index (κ1) is 15.0. The summed E-state index contributed by atoms with van der Waals surface area (Å²) in [5.74, 6) is 0.857. The van der Waals surface area contributed by atoms with Gasteiger partial charge in [0.1, 0.15) is 0 Å². The third-order valence-corrected chi connectivity index (χ3v) is 5.31. The van der Waals surface area contributed by atoms with Crippen molar-refractivity contribution < 1.29 is 0 Å². The molecule has 1 atom stereocenters. The highest BCUT2D eigenvalue weighted by Gasteiger charge is 2.30. The van der Waals surface area contributed by atoms with Gasteiger partial charge in [-0.1, -0.05) is 43.2 Å². The van der Waals surface area contributed by atoms with Crippen molar-refractivity contribution >= 4 is 0 Å². The number of hydrogen-bond donors (Lipinski definition) is 1. The summed E-state index contributed by atoms with van der Waals surface area (Å²) in [6.45, 7) is 6.65. The molecule has 0 aromatic heterocycles. The van der Waals surface area contributed by atoms with E-state index in [9.17, 15) is 0 Å². The Hall–Kier alpha value is -0.900. The molecular weight excluding hydrogens is 258 g/mol. The second-order valence-corrected chi connectivity index (χ2v) is 6.65. The van der Waals surface area contributed by atoms with Gasteiger partial charge in [0.15, 0.2) is 0 Å². The van der Waals surface area contributed by atoms with Crippen LogP contribution in [0.2, 0.25) is 0 Å². The van der Waals surface area contributed by atoms with Gasteiger partial charge in [-0.3, -0.25) is 9.80 Å². The van der Waals surface area contributed by atoms with Crippen LogP contribution in [-0.2, 0) is 6.54 Å². The summed E-state index contributed by atoms with van der Waals surface area (Å²) in [6, 6.07) is 11.5. The summed E-state index contributed by atoms with van der Waals surface area (Å²) < 4.78 is 0. The van der Waals surface area contributed by atoms with Gasteiger partial charge in [-0.25, -0.2) is 0 Å². The summed E-state index contributed by atoms with van der Waals surface area (Å²) in [5, 5.41) is 0. The molecule has 1 heterocycles. The van der Waals surface area contributed by atoms with E-state index in [1.54, 1.807) is 0 Å². The summed E-state index contributed by atoms with van der Waals surface area (Å²) in [5.41, 5.74) is 7.51. The van der Waals surface area contributed by atoms with Gasteiger partial charge in [0.05, 0.1) is 0 Å². The predicted molar refractivity (Wildman–Crippen MR) is 88.1 cm³/mol. The lowest BCUT2D eigenvalue weighted by Crippen LogP contribution is -2.54. The van der Waals surface area contributed by atoms with Crippen LogP contribution in [-0.4, -0.2) is 48.6 Å². The fourth-order valence-electron chi connectivity index (χ4n) is 4.08. The standard InChI is InChI=1S/C18H29N3/c19-14-18(17-8-4-5-9-17)21-12-10-20(11-13-21)15-16-6-2-1-3-7-16/h1-3,6-7,17-18H,4-5,8-15,19H2. The van der Waals surface area contributed by atoms with Gasteiger partial charge in [0, 0.05) is 45.3 Å². The normalized spacial score (nSPS) is 23.5. The van der Waals surface area contributed by atoms with Crippen molar-refractivity contribution in [1.82, 2.24) is 9.80 Å². The monoisotopic (exact) mass is 287 g/mol. The molecule has 1 aliphatic heterocycles. The SMILES string of the molecule is NCC(C1CCCC1)N1CCN(Cc2ccccc2)CC1. The second kappa shape index (κ2) is 7.39. The molecule has 1 saturated carbocycles. The number of hydrogen-bond acceptors (Lipinski definition) is 3. The molecule has 0 spiro atoms. The number of nitrogens with two attached hydrogens (primary N) is 1. The summed E-state index contributed by atoms with van der Waals surface area (Å²) in [7, 11) is 0. The molecule has 2 fully saturated rings. The minimum atomic E-state index is 0.631. The highest BCUT2D eigenvalue weighted by molar-refractivity contribution is 5.14. The van der Waals surface area contributed by atoms with E-state index in [-0.39, 0.29) is 0 Å². The second-order valence-electron chi connectivity index (χ2n) is 6.65. The average Bonchev–Trinajstić information content (AvgIpc) is 3.05. The highest BCUT2D eigenvalue weighted by atomic mass is 15.3. The third kappa shape index (κ3) is 3.85. The number of benzene rings is 1. The quantitative estimate of drug-likeness (QED) is 0.902. The van der Waals surface area contributed by atoms with E-state index in [1.807, 2.05) is 0 Å². The van der Waals surface area contributed by atoms with Crippen LogP contribution >= 0.6 is 0 Å². The van der Waals surface area contributed by atoms with E-state index < -0.39 is 0 Å². The Labute approximate surface area is 129 Å². The smallest absolute Gasteiger partial charge is 0.0247 e. The summed E-state index contributed by atoms with van der Waals surface area (Å²) in [6.07, 6.45) is 5.61. The van der Waals surface area contributed by atoms with Gasteiger partial charge in [0.2, 0.25) is 0 Å². The first-order valence-electron chi connectivity index (χ1n) is 8.57.